The van der Waals surface area contributed by atoms with Crippen LogP contribution in [0.4, 0.5) is 0 Å². The van der Waals surface area contributed by atoms with Crippen LogP contribution in [-0.2, 0) is 14.8 Å². The number of carbonyl (C=O) groups is 1. The summed E-state index contributed by atoms with van der Waals surface area (Å²) in [6, 6.07) is 5.50. The van der Waals surface area contributed by atoms with Crippen LogP contribution in [0.25, 0.3) is 0 Å². The van der Waals surface area contributed by atoms with Gasteiger partial charge in [0.05, 0.1) is 4.90 Å². The van der Waals surface area contributed by atoms with Gasteiger partial charge in [-0.05, 0) is 44.7 Å². The van der Waals surface area contributed by atoms with Crippen molar-refractivity contribution in [1.82, 2.24) is 9.62 Å². The van der Waals surface area contributed by atoms with E-state index in [1.807, 2.05) is 32.9 Å². The number of nitrogens with one attached hydrogen (secondary N) is 1. The predicted octanol–water partition coefficient (Wildman–Crippen LogP) is 2.37. The van der Waals surface area contributed by atoms with E-state index in [1.165, 1.54) is 4.31 Å². The number of nitrogens with zero attached hydrogens (tertiary/aromatic N) is 1. The average Bonchev–Trinajstić information content (AvgIpc) is 2.47. The van der Waals surface area contributed by atoms with Crippen LogP contribution in [0.15, 0.2) is 23.1 Å². The molecule has 0 unspecified atom stereocenters. The van der Waals surface area contributed by atoms with E-state index < -0.39 is 10.0 Å². The Labute approximate surface area is 139 Å². The molecule has 1 aromatic carbocycles. The van der Waals surface area contributed by atoms with E-state index in [0.717, 1.165) is 17.5 Å². The minimum Gasteiger partial charge on any atom is -0.353 e. The molecule has 2 rings (SSSR count). The molecule has 1 aromatic rings. The van der Waals surface area contributed by atoms with Crippen molar-refractivity contribution in [3.63, 3.8) is 0 Å². The summed E-state index contributed by atoms with van der Waals surface area (Å²) < 4.78 is 27.1. The Hall–Kier alpha value is -1.40. The Balaban J connectivity index is 2.02. The molecule has 0 bridgehead atoms. The Morgan fingerprint density at radius 3 is 2.48 bits per heavy atom. The lowest BCUT2D eigenvalue weighted by Gasteiger charge is -2.32. The lowest BCUT2D eigenvalue weighted by Crippen LogP contribution is -2.46. The summed E-state index contributed by atoms with van der Waals surface area (Å²) >= 11 is 0. The molecule has 6 heteroatoms. The average molecular weight is 338 g/mol. The molecule has 23 heavy (non-hydrogen) atoms. The molecule has 128 valence electrons. The molecule has 0 saturated carbocycles. The van der Waals surface area contributed by atoms with Gasteiger partial charge >= 0.3 is 0 Å². The highest BCUT2D eigenvalue weighted by Gasteiger charge is 2.30. The molecular weight excluding hydrogens is 312 g/mol. The van der Waals surface area contributed by atoms with Crippen LogP contribution >= 0.6 is 0 Å². The second-order valence-electron chi connectivity index (χ2n) is 6.26. The Morgan fingerprint density at radius 1 is 1.26 bits per heavy atom. The van der Waals surface area contributed by atoms with Gasteiger partial charge in [0.25, 0.3) is 0 Å². The molecule has 1 aliphatic rings. The van der Waals surface area contributed by atoms with Gasteiger partial charge in [0.15, 0.2) is 0 Å². The van der Waals surface area contributed by atoms with E-state index in [-0.39, 0.29) is 11.9 Å². The van der Waals surface area contributed by atoms with E-state index in [0.29, 0.717) is 37.2 Å². The summed E-state index contributed by atoms with van der Waals surface area (Å²) in [7, 11) is -3.45. The predicted molar refractivity (Wildman–Crippen MR) is 90.7 cm³/mol. The molecule has 0 aromatic heterocycles. The third kappa shape index (κ3) is 4.32. The highest BCUT2D eigenvalue weighted by atomic mass is 32.2. The van der Waals surface area contributed by atoms with Gasteiger partial charge in [-0.15, -0.1) is 0 Å². The fourth-order valence-corrected chi connectivity index (χ4v) is 4.67. The number of carbonyl (C=O) groups excluding carboxylic acids is 1. The third-order valence-electron chi connectivity index (χ3n) is 4.24. The molecule has 1 saturated heterocycles. The first-order valence-electron chi connectivity index (χ1n) is 8.21. The Bertz CT molecular complexity index is 662. The smallest absolute Gasteiger partial charge is 0.243 e. The van der Waals surface area contributed by atoms with E-state index in [2.05, 4.69) is 5.32 Å². The van der Waals surface area contributed by atoms with Crippen molar-refractivity contribution >= 4 is 15.9 Å². The number of hydrogen-bond acceptors (Lipinski definition) is 3. The fourth-order valence-electron chi connectivity index (χ4n) is 3.00. The first-order chi connectivity index (χ1) is 10.8. The normalized spacial score (nSPS) is 17.2. The number of piperidine rings is 1. The molecule has 1 N–H and O–H groups in total. The molecule has 0 atom stereocenters. The second-order valence-corrected chi connectivity index (χ2v) is 8.17. The highest BCUT2D eigenvalue weighted by Crippen LogP contribution is 2.24. The molecule has 0 radical (unpaired) electrons. The van der Waals surface area contributed by atoms with E-state index in [4.69, 9.17) is 0 Å². The van der Waals surface area contributed by atoms with Gasteiger partial charge in [-0.25, -0.2) is 8.42 Å². The summed E-state index contributed by atoms with van der Waals surface area (Å²) in [4.78, 5) is 12.0. The summed E-state index contributed by atoms with van der Waals surface area (Å²) in [6.07, 6.45) is 2.69. The quantitative estimate of drug-likeness (QED) is 0.896. The number of hydrogen-bond donors (Lipinski definition) is 1. The van der Waals surface area contributed by atoms with Gasteiger partial charge < -0.3 is 5.32 Å². The topological polar surface area (TPSA) is 66.5 Å². The summed E-state index contributed by atoms with van der Waals surface area (Å²) in [6.45, 7) is 6.66. The third-order valence-corrected chi connectivity index (χ3v) is 6.30. The first-order valence-corrected chi connectivity index (χ1v) is 9.65. The standard InChI is InChI=1S/C17H26N2O3S/c1-4-5-17(20)18-15-8-10-19(11-9-15)23(21,22)16-7-6-13(2)12-14(16)3/h6-7,12,15H,4-5,8-11H2,1-3H3,(H,18,20). The highest BCUT2D eigenvalue weighted by molar-refractivity contribution is 7.89. The maximum atomic E-state index is 12.8. The van der Waals surface area contributed by atoms with Gasteiger partial charge in [-0.1, -0.05) is 24.6 Å². The van der Waals surface area contributed by atoms with Crippen molar-refractivity contribution in [2.45, 2.75) is 57.4 Å². The lowest BCUT2D eigenvalue weighted by atomic mass is 10.1. The minimum atomic E-state index is -3.45. The Kier molecular flexibility index (Phi) is 5.81. The molecule has 1 heterocycles. The zero-order chi connectivity index (χ0) is 17.0. The maximum absolute atomic E-state index is 12.8. The van der Waals surface area contributed by atoms with Crippen LogP contribution in [0.5, 0.6) is 0 Å². The van der Waals surface area contributed by atoms with Crippen LogP contribution in [0.1, 0.15) is 43.7 Å². The molecule has 5 nitrogen and oxygen atoms in total. The molecular formula is C17H26N2O3S. The summed E-state index contributed by atoms with van der Waals surface area (Å²) in [5, 5.41) is 2.99. The van der Waals surface area contributed by atoms with Crippen molar-refractivity contribution in [2.75, 3.05) is 13.1 Å². The second kappa shape index (κ2) is 7.45. The van der Waals surface area contributed by atoms with Crippen LogP contribution in [0.3, 0.4) is 0 Å². The monoisotopic (exact) mass is 338 g/mol. The van der Waals surface area contributed by atoms with Crippen LogP contribution in [0, 0.1) is 13.8 Å². The van der Waals surface area contributed by atoms with E-state index >= 15 is 0 Å². The maximum Gasteiger partial charge on any atom is 0.243 e. The van der Waals surface area contributed by atoms with Crippen LogP contribution < -0.4 is 5.32 Å². The number of rotatable bonds is 5. The number of aryl methyl sites for hydroxylation is 2. The minimum absolute atomic E-state index is 0.0585. The molecule has 0 aliphatic carbocycles. The number of amides is 1. The number of sulfonamides is 1. The van der Waals surface area contributed by atoms with Gasteiger partial charge in [0.2, 0.25) is 15.9 Å². The zero-order valence-electron chi connectivity index (χ0n) is 14.1. The van der Waals surface area contributed by atoms with Crippen molar-refractivity contribution in [3.05, 3.63) is 29.3 Å². The first kappa shape index (κ1) is 17.9. The molecule has 1 fully saturated rings. The number of benzene rings is 1. The van der Waals surface area contributed by atoms with Crippen molar-refractivity contribution < 1.29 is 13.2 Å². The van der Waals surface area contributed by atoms with E-state index in [9.17, 15) is 13.2 Å². The van der Waals surface area contributed by atoms with Crippen LogP contribution in [0.2, 0.25) is 0 Å². The molecule has 1 amide bonds. The van der Waals surface area contributed by atoms with Crippen molar-refractivity contribution in [2.24, 2.45) is 0 Å². The largest absolute Gasteiger partial charge is 0.353 e. The summed E-state index contributed by atoms with van der Waals surface area (Å²) in [5.41, 5.74) is 1.84. The van der Waals surface area contributed by atoms with Crippen molar-refractivity contribution in [1.29, 1.82) is 0 Å². The van der Waals surface area contributed by atoms with Gasteiger partial charge in [0.1, 0.15) is 0 Å². The lowest BCUT2D eigenvalue weighted by molar-refractivity contribution is -0.122. The van der Waals surface area contributed by atoms with Gasteiger partial charge in [-0.3, -0.25) is 4.79 Å². The van der Waals surface area contributed by atoms with E-state index in [1.54, 1.807) is 6.07 Å². The van der Waals surface area contributed by atoms with Crippen molar-refractivity contribution in [3.8, 4) is 0 Å². The van der Waals surface area contributed by atoms with Gasteiger partial charge in [-0.2, -0.15) is 4.31 Å². The van der Waals surface area contributed by atoms with Gasteiger partial charge in [0, 0.05) is 25.6 Å². The molecule has 1 aliphatic heterocycles. The van der Waals surface area contributed by atoms with Crippen LogP contribution in [-0.4, -0.2) is 37.8 Å². The zero-order valence-corrected chi connectivity index (χ0v) is 14.9. The SMILES string of the molecule is CCCC(=O)NC1CCN(S(=O)(=O)c2ccc(C)cc2C)CC1. The summed E-state index contributed by atoms with van der Waals surface area (Å²) in [5.74, 6) is 0.0585. The molecule has 0 spiro atoms. The fraction of sp³-hybridized carbons (Fsp3) is 0.588. The Morgan fingerprint density at radius 2 is 1.91 bits per heavy atom.